The van der Waals surface area contributed by atoms with Gasteiger partial charge in [0.1, 0.15) is 0 Å². The van der Waals surface area contributed by atoms with Crippen molar-refractivity contribution in [2.75, 3.05) is 6.61 Å². The van der Waals surface area contributed by atoms with Crippen LogP contribution in [0.4, 0.5) is 8.78 Å². The van der Waals surface area contributed by atoms with Gasteiger partial charge in [-0.1, -0.05) is 83.1 Å². The van der Waals surface area contributed by atoms with Gasteiger partial charge in [0.25, 0.3) is 0 Å². The molecule has 0 saturated heterocycles. The van der Waals surface area contributed by atoms with E-state index in [1.807, 2.05) is 0 Å². The van der Waals surface area contributed by atoms with Crippen LogP contribution in [0.15, 0.2) is 60.7 Å². The normalized spacial score (nSPS) is 10.9. The Morgan fingerprint density at radius 2 is 1.30 bits per heavy atom. The summed E-state index contributed by atoms with van der Waals surface area (Å²) in [6, 6.07) is 16.2. The Balaban J connectivity index is 1.52. The lowest BCUT2D eigenvalue weighted by molar-refractivity contribution is 0.0728. The molecule has 3 rings (SSSR count). The zero-order chi connectivity index (χ0) is 26.5. The lowest BCUT2D eigenvalue weighted by atomic mass is 10.0. The lowest BCUT2D eigenvalue weighted by Crippen LogP contribution is -2.09. The first-order valence-electron chi connectivity index (χ1n) is 13.5. The van der Waals surface area contributed by atoms with Crippen LogP contribution in [0.2, 0.25) is 0 Å². The molecule has 3 nitrogen and oxygen atoms in total. The quantitative estimate of drug-likeness (QED) is 0.117. The summed E-state index contributed by atoms with van der Waals surface area (Å²) >= 11 is 0. The fourth-order valence-electron chi connectivity index (χ4n) is 4.16. The highest BCUT2D eigenvalue weighted by molar-refractivity contribution is 5.91. The highest BCUT2D eigenvalue weighted by atomic mass is 19.1. The van der Waals surface area contributed by atoms with E-state index >= 15 is 0 Å². The zero-order valence-electron chi connectivity index (χ0n) is 22.0. The third-order valence-electron chi connectivity index (χ3n) is 6.41. The standard InChI is InChI=1S/C32H38F2O3/c1-3-5-7-8-9-10-11-21-36-30-20-18-27(23-29(30)34)25-14-16-26(17-15-25)32(35)37-31-19-13-24(12-6-4-2)22-28(31)33/h13-20,22-23H,3-12,21H2,1-2H3. The monoisotopic (exact) mass is 508 g/mol. The van der Waals surface area contributed by atoms with Gasteiger partial charge in [-0.15, -0.1) is 0 Å². The summed E-state index contributed by atoms with van der Waals surface area (Å²) in [5.74, 6) is -1.46. The average Bonchev–Trinajstić information content (AvgIpc) is 2.91. The van der Waals surface area contributed by atoms with E-state index in [1.54, 1.807) is 42.5 Å². The Morgan fingerprint density at radius 3 is 1.97 bits per heavy atom. The zero-order valence-corrected chi connectivity index (χ0v) is 22.0. The number of hydrogen-bond acceptors (Lipinski definition) is 3. The molecule has 37 heavy (non-hydrogen) atoms. The van der Waals surface area contributed by atoms with Crippen molar-refractivity contribution in [3.8, 4) is 22.6 Å². The molecule has 0 amide bonds. The summed E-state index contributed by atoms with van der Waals surface area (Å²) in [6.45, 7) is 4.79. The van der Waals surface area contributed by atoms with Crippen molar-refractivity contribution in [1.29, 1.82) is 0 Å². The maximum atomic E-state index is 14.6. The van der Waals surface area contributed by atoms with E-state index in [2.05, 4.69) is 13.8 Å². The van der Waals surface area contributed by atoms with Gasteiger partial charge in [0.05, 0.1) is 12.2 Å². The smallest absolute Gasteiger partial charge is 0.343 e. The van der Waals surface area contributed by atoms with E-state index in [0.717, 1.165) is 43.2 Å². The van der Waals surface area contributed by atoms with Crippen LogP contribution < -0.4 is 9.47 Å². The molecule has 0 aliphatic heterocycles. The molecule has 198 valence electrons. The molecule has 0 spiro atoms. The summed E-state index contributed by atoms with van der Waals surface area (Å²) in [5.41, 5.74) is 2.59. The van der Waals surface area contributed by atoms with Crippen LogP contribution in [-0.2, 0) is 6.42 Å². The van der Waals surface area contributed by atoms with Gasteiger partial charge < -0.3 is 9.47 Å². The number of ether oxygens (including phenoxy) is 2. The number of hydrogen-bond donors (Lipinski definition) is 0. The van der Waals surface area contributed by atoms with Crippen molar-refractivity contribution in [2.45, 2.75) is 78.1 Å². The van der Waals surface area contributed by atoms with Crippen LogP contribution in [0.25, 0.3) is 11.1 Å². The number of aryl methyl sites for hydroxylation is 1. The fourth-order valence-corrected chi connectivity index (χ4v) is 4.16. The first-order valence-corrected chi connectivity index (χ1v) is 13.5. The van der Waals surface area contributed by atoms with Crippen LogP contribution >= 0.6 is 0 Å². The number of esters is 1. The Bertz CT molecular complexity index is 1130. The molecule has 0 unspecified atom stereocenters. The molecule has 0 atom stereocenters. The van der Waals surface area contributed by atoms with Crippen molar-refractivity contribution in [3.05, 3.63) is 83.4 Å². The van der Waals surface area contributed by atoms with Crippen molar-refractivity contribution in [2.24, 2.45) is 0 Å². The highest BCUT2D eigenvalue weighted by Crippen LogP contribution is 2.27. The second-order valence-corrected chi connectivity index (χ2v) is 9.45. The first kappa shape index (κ1) is 28.4. The molecular weight excluding hydrogens is 470 g/mol. The van der Waals surface area contributed by atoms with Gasteiger partial charge >= 0.3 is 5.97 Å². The molecule has 0 bridgehead atoms. The predicted molar refractivity (Wildman–Crippen MR) is 145 cm³/mol. The van der Waals surface area contributed by atoms with E-state index in [1.165, 1.54) is 50.3 Å². The van der Waals surface area contributed by atoms with E-state index in [9.17, 15) is 13.6 Å². The van der Waals surface area contributed by atoms with Crippen molar-refractivity contribution >= 4 is 5.97 Å². The summed E-state index contributed by atoms with van der Waals surface area (Å²) in [4.78, 5) is 12.5. The minimum Gasteiger partial charge on any atom is -0.491 e. The predicted octanol–water partition coefficient (Wildman–Crippen LogP) is 9.32. The Hall–Kier alpha value is -3.21. The topological polar surface area (TPSA) is 35.5 Å². The van der Waals surface area contributed by atoms with Gasteiger partial charge in [0.15, 0.2) is 23.1 Å². The lowest BCUT2D eigenvalue weighted by Gasteiger charge is -2.10. The van der Waals surface area contributed by atoms with E-state index in [0.29, 0.717) is 12.2 Å². The Kier molecular flexibility index (Phi) is 11.6. The third-order valence-corrected chi connectivity index (χ3v) is 6.41. The SMILES string of the molecule is CCCCCCCCCOc1ccc(-c2ccc(C(=O)Oc3ccc(CCCC)cc3F)cc2)cc1F. The number of halogens is 2. The molecule has 5 heteroatoms. The average molecular weight is 509 g/mol. The molecule has 3 aromatic rings. The van der Waals surface area contributed by atoms with Gasteiger partial charge in [-0.3, -0.25) is 0 Å². The molecular formula is C32H38F2O3. The number of carbonyl (C=O) groups excluding carboxylic acids is 1. The first-order chi connectivity index (χ1) is 18.0. The van der Waals surface area contributed by atoms with Gasteiger partial charge in [0.2, 0.25) is 0 Å². The summed E-state index contributed by atoms with van der Waals surface area (Å²) in [5, 5.41) is 0. The van der Waals surface area contributed by atoms with Crippen molar-refractivity contribution in [3.63, 3.8) is 0 Å². The summed E-state index contributed by atoms with van der Waals surface area (Å²) in [6.07, 6.45) is 11.0. The molecule has 0 aromatic heterocycles. The van der Waals surface area contributed by atoms with Crippen molar-refractivity contribution < 1.29 is 23.0 Å². The third kappa shape index (κ3) is 8.99. The Labute approximate surface area is 219 Å². The molecule has 0 aliphatic rings. The molecule has 0 saturated carbocycles. The summed E-state index contributed by atoms with van der Waals surface area (Å²) in [7, 11) is 0. The van der Waals surface area contributed by atoms with E-state index in [4.69, 9.17) is 9.47 Å². The van der Waals surface area contributed by atoms with Gasteiger partial charge in [-0.2, -0.15) is 0 Å². The van der Waals surface area contributed by atoms with Gasteiger partial charge in [0, 0.05) is 0 Å². The van der Waals surface area contributed by atoms with Gasteiger partial charge in [-0.05, 0) is 72.4 Å². The molecule has 3 aromatic carbocycles. The largest absolute Gasteiger partial charge is 0.491 e. The summed E-state index contributed by atoms with van der Waals surface area (Å²) < 4.78 is 39.9. The fraction of sp³-hybridized carbons (Fsp3) is 0.406. The molecule has 0 fully saturated rings. The van der Waals surface area contributed by atoms with Crippen LogP contribution in [0.1, 0.15) is 87.6 Å². The van der Waals surface area contributed by atoms with E-state index < -0.39 is 17.6 Å². The van der Waals surface area contributed by atoms with Crippen molar-refractivity contribution in [1.82, 2.24) is 0 Å². The minimum absolute atomic E-state index is 0.0940. The molecule has 0 aliphatic carbocycles. The minimum atomic E-state index is -0.646. The number of unbranched alkanes of at least 4 members (excludes halogenated alkanes) is 7. The molecule has 0 heterocycles. The van der Waals surface area contributed by atoms with Gasteiger partial charge in [-0.25, -0.2) is 13.6 Å². The van der Waals surface area contributed by atoms with Crippen LogP contribution in [0.5, 0.6) is 11.5 Å². The molecule has 0 radical (unpaired) electrons. The van der Waals surface area contributed by atoms with Crippen LogP contribution in [0, 0.1) is 11.6 Å². The number of carbonyl (C=O) groups is 1. The Morgan fingerprint density at radius 1 is 0.676 bits per heavy atom. The van der Waals surface area contributed by atoms with Crippen LogP contribution in [-0.4, -0.2) is 12.6 Å². The second kappa shape index (κ2) is 15.1. The molecule has 0 N–H and O–H groups in total. The van der Waals surface area contributed by atoms with Crippen LogP contribution in [0.3, 0.4) is 0 Å². The number of rotatable bonds is 15. The maximum absolute atomic E-state index is 14.6. The maximum Gasteiger partial charge on any atom is 0.343 e. The second-order valence-electron chi connectivity index (χ2n) is 9.45. The highest BCUT2D eigenvalue weighted by Gasteiger charge is 2.13. The van der Waals surface area contributed by atoms with E-state index in [-0.39, 0.29) is 17.1 Å². The number of benzene rings is 3.